The van der Waals surface area contributed by atoms with Gasteiger partial charge >= 0.3 is 34.6 Å². The molecule has 0 aliphatic heterocycles. The fourth-order valence-corrected chi connectivity index (χ4v) is 2.78. The van der Waals surface area contributed by atoms with Crippen LogP contribution in [0.3, 0.4) is 0 Å². The topological polar surface area (TPSA) is 87.2 Å². The first-order valence-corrected chi connectivity index (χ1v) is 8.45. The molecule has 1 heterocycles. The van der Waals surface area contributed by atoms with Crippen LogP contribution in [0.25, 0.3) is 11.0 Å². The molecule has 1 aromatic heterocycles. The summed E-state index contributed by atoms with van der Waals surface area (Å²) in [5.74, 6) is 0.306. The van der Waals surface area contributed by atoms with Crippen molar-refractivity contribution in [3.63, 3.8) is 0 Å². The fraction of sp³-hybridized carbons (Fsp3) is 0. The first-order chi connectivity index (χ1) is 13.2. The average Bonchev–Trinajstić information content (AvgIpc) is 3.04. The first-order valence-electron chi connectivity index (χ1n) is 8.45. The molecule has 5 nitrogen and oxygen atoms in total. The molecule has 2 N–H and O–H groups in total. The maximum atomic E-state index is 11.9. The third-order valence-electron chi connectivity index (χ3n) is 4.16. The second-order valence-electron chi connectivity index (χ2n) is 5.96. The number of nitrogens with one attached hydrogen (secondary N) is 2. The van der Waals surface area contributed by atoms with Crippen molar-refractivity contribution in [1.82, 2.24) is 0 Å². The van der Waals surface area contributed by atoms with E-state index in [-0.39, 0.29) is 34.6 Å². The van der Waals surface area contributed by atoms with Crippen LogP contribution in [-0.4, -0.2) is 35.5 Å². The molecule has 4 rings (SSSR count). The second-order valence-corrected chi connectivity index (χ2v) is 5.96. The van der Waals surface area contributed by atoms with Crippen molar-refractivity contribution in [3.8, 4) is 11.5 Å². The standard InChI is InChI=1S/C22H16N2O3.Mg/c25-18-10-4-1-7-15(18)13-23-21-17-9-3-6-12-20(17)27-22(21)24-14-16-8-2-5-11-19(16)26;/h1-14,25-26H;/q;+2/b23-13?,24-14+;. The second kappa shape index (κ2) is 8.73. The zero-order valence-corrected chi connectivity index (χ0v) is 16.4. The van der Waals surface area contributed by atoms with Gasteiger partial charge in [0.1, 0.15) is 11.0 Å². The minimum atomic E-state index is -0.0811. The molecule has 0 saturated carbocycles. The summed E-state index contributed by atoms with van der Waals surface area (Å²) in [7, 11) is 0. The number of hydrogen-bond acceptors (Lipinski definition) is 3. The number of hydrogen-bond donors (Lipinski definition) is 2. The zero-order valence-electron chi connectivity index (χ0n) is 15.0. The normalized spacial score (nSPS) is 11.3. The van der Waals surface area contributed by atoms with Gasteiger partial charge in [-0.3, -0.25) is 0 Å². The summed E-state index contributed by atoms with van der Waals surface area (Å²) in [5, 5.41) is 24.7. The van der Waals surface area contributed by atoms with Gasteiger partial charge in [0.15, 0.2) is 12.4 Å². The molecular weight excluding hydrogens is 365 g/mol. The van der Waals surface area contributed by atoms with Gasteiger partial charge in [0.25, 0.3) is 0 Å². The molecule has 0 amide bonds. The van der Waals surface area contributed by atoms with Gasteiger partial charge in [0.05, 0.1) is 0 Å². The Morgan fingerprint density at radius 3 is 1.86 bits per heavy atom. The van der Waals surface area contributed by atoms with Gasteiger partial charge in [-0.2, -0.15) is 4.99 Å². The summed E-state index contributed by atoms with van der Waals surface area (Å²) >= 11 is 0. The van der Waals surface area contributed by atoms with Crippen LogP contribution in [-0.2, 0) is 0 Å². The number of rotatable bonds is 4. The van der Waals surface area contributed by atoms with Gasteiger partial charge in [-0.05, 0) is 24.3 Å². The number of furan rings is 1. The van der Waals surface area contributed by atoms with Gasteiger partial charge in [0, 0.05) is 11.1 Å². The van der Waals surface area contributed by atoms with Gasteiger partial charge < -0.3 is 14.6 Å². The molecule has 6 heteroatoms. The summed E-state index contributed by atoms with van der Waals surface area (Å²) in [4.78, 5) is 6.22. The Morgan fingerprint density at radius 1 is 0.679 bits per heavy atom. The monoisotopic (exact) mass is 380 g/mol. The van der Waals surface area contributed by atoms with E-state index in [0.717, 1.165) is 5.39 Å². The van der Waals surface area contributed by atoms with Gasteiger partial charge in [0.2, 0.25) is 0 Å². The van der Waals surface area contributed by atoms with Crippen molar-refractivity contribution in [3.05, 3.63) is 83.9 Å². The molecule has 0 bridgehead atoms. The van der Waals surface area contributed by atoms with Gasteiger partial charge in [-0.1, -0.05) is 60.0 Å². The number of fused-ring (bicyclic) bond motifs is 1. The molecule has 4 aromatic rings. The zero-order chi connectivity index (χ0) is 18.6. The van der Waals surface area contributed by atoms with Crippen molar-refractivity contribution in [2.45, 2.75) is 0 Å². The first kappa shape index (κ1) is 19.7. The number of benzene rings is 3. The third-order valence-corrected chi connectivity index (χ3v) is 4.16. The molecular formula is C22H16MgN2O3+2. The van der Waals surface area contributed by atoms with E-state index in [0.29, 0.717) is 28.3 Å². The smallest absolute Gasteiger partial charge is 0.872 e. The van der Waals surface area contributed by atoms with Crippen molar-refractivity contribution in [2.75, 3.05) is 0 Å². The van der Waals surface area contributed by atoms with E-state index in [1.165, 1.54) is 12.1 Å². The molecule has 0 aliphatic rings. The molecule has 0 aliphatic carbocycles. The SMILES string of the molecule is [Mg+2].[O-]c1ccccc1C=[NH+]c1c(/[NH+]=C/c2ccccc2[O-])oc2ccccc12. The van der Waals surface area contributed by atoms with Crippen LogP contribution in [0.2, 0.25) is 0 Å². The van der Waals surface area contributed by atoms with Crippen LogP contribution in [0.15, 0.2) is 77.2 Å². The molecule has 0 atom stereocenters. The Balaban J connectivity index is 0.00000225. The molecule has 0 fully saturated rings. The van der Waals surface area contributed by atoms with Crippen LogP contribution in [0, 0.1) is 0 Å². The summed E-state index contributed by atoms with van der Waals surface area (Å²) in [6, 6.07) is 21.1. The van der Waals surface area contributed by atoms with E-state index < -0.39 is 0 Å². The Morgan fingerprint density at radius 2 is 1.21 bits per heavy atom. The van der Waals surface area contributed by atoms with E-state index in [4.69, 9.17) is 4.42 Å². The predicted octanol–water partition coefficient (Wildman–Crippen LogP) is -0.138. The largest absolute Gasteiger partial charge is 2.00 e. The maximum absolute atomic E-state index is 11.9. The van der Waals surface area contributed by atoms with Crippen molar-refractivity contribution in [2.24, 2.45) is 0 Å². The Labute approximate surface area is 177 Å². The summed E-state index contributed by atoms with van der Waals surface area (Å²) in [6.07, 6.45) is 3.25. The molecule has 0 spiro atoms. The Hall–Kier alpha value is -3.09. The van der Waals surface area contributed by atoms with Gasteiger partial charge in [-0.25, -0.2) is 4.99 Å². The van der Waals surface area contributed by atoms with E-state index >= 15 is 0 Å². The fourth-order valence-electron chi connectivity index (χ4n) is 2.78. The Bertz CT molecular complexity index is 1170. The van der Waals surface area contributed by atoms with E-state index in [9.17, 15) is 10.2 Å². The average molecular weight is 381 g/mol. The summed E-state index contributed by atoms with van der Waals surface area (Å²) in [6.45, 7) is 0. The molecule has 28 heavy (non-hydrogen) atoms. The maximum Gasteiger partial charge on any atom is 2.00 e. The van der Waals surface area contributed by atoms with Crippen LogP contribution < -0.4 is 20.2 Å². The van der Waals surface area contributed by atoms with Crippen molar-refractivity contribution >= 4 is 58.0 Å². The van der Waals surface area contributed by atoms with Crippen molar-refractivity contribution in [1.29, 1.82) is 0 Å². The van der Waals surface area contributed by atoms with E-state index in [2.05, 4.69) is 9.98 Å². The van der Waals surface area contributed by atoms with E-state index in [1.807, 2.05) is 24.3 Å². The molecule has 0 radical (unpaired) electrons. The summed E-state index contributed by atoms with van der Waals surface area (Å²) < 4.78 is 5.87. The third kappa shape index (κ3) is 4.08. The van der Waals surface area contributed by atoms with Crippen LogP contribution in [0.5, 0.6) is 11.5 Å². The quantitative estimate of drug-likeness (QED) is 0.382. The van der Waals surface area contributed by atoms with Crippen LogP contribution in [0.4, 0.5) is 11.6 Å². The van der Waals surface area contributed by atoms with Gasteiger partial charge in [-0.15, -0.1) is 0 Å². The summed E-state index contributed by atoms with van der Waals surface area (Å²) in [5.41, 5.74) is 2.45. The van der Waals surface area contributed by atoms with Crippen molar-refractivity contribution < 1.29 is 24.6 Å². The van der Waals surface area contributed by atoms with Crippen LogP contribution in [0.1, 0.15) is 11.1 Å². The molecule has 3 aromatic carbocycles. The minimum Gasteiger partial charge on any atom is -0.872 e. The van der Waals surface area contributed by atoms with Crippen LogP contribution >= 0.6 is 0 Å². The number of para-hydroxylation sites is 3. The Kier molecular flexibility index (Phi) is 6.13. The minimum absolute atomic E-state index is 0. The van der Waals surface area contributed by atoms with E-state index in [1.54, 1.807) is 48.8 Å². The molecule has 0 unspecified atom stereocenters. The molecule has 0 saturated heterocycles. The predicted molar refractivity (Wildman–Crippen MR) is 105 cm³/mol. The molecule has 132 valence electrons.